The summed E-state index contributed by atoms with van der Waals surface area (Å²) in [6, 6.07) is 14.2. The number of anilines is 1. The van der Waals surface area contributed by atoms with Crippen LogP contribution < -0.4 is 10.2 Å². The molecule has 0 unspecified atom stereocenters. The van der Waals surface area contributed by atoms with E-state index in [1.807, 2.05) is 37.3 Å². The number of nitrogens with zero attached hydrogens (tertiary/aromatic N) is 2. The van der Waals surface area contributed by atoms with Crippen LogP contribution >= 0.6 is 0 Å². The lowest BCUT2D eigenvalue weighted by Crippen LogP contribution is -2.62. The van der Waals surface area contributed by atoms with E-state index in [0.29, 0.717) is 18.5 Å². The van der Waals surface area contributed by atoms with Crippen LogP contribution in [0, 0.1) is 5.41 Å². The molecule has 0 saturated carbocycles. The average molecular weight is 392 g/mol. The number of aromatic hydroxyl groups is 1. The van der Waals surface area contributed by atoms with Crippen LogP contribution in [0.4, 0.5) is 5.69 Å². The first kappa shape index (κ1) is 19.0. The first-order valence-electron chi connectivity index (χ1n) is 9.65. The lowest BCUT2D eigenvalue weighted by molar-refractivity contribution is -0.131. The molecule has 2 aliphatic rings. The van der Waals surface area contributed by atoms with Crippen molar-refractivity contribution < 1.29 is 14.7 Å². The van der Waals surface area contributed by atoms with Crippen LogP contribution in [0.25, 0.3) is 0 Å². The smallest absolute Gasteiger partial charge is 0.239 e. The Morgan fingerprint density at radius 3 is 2.52 bits per heavy atom. The van der Waals surface area contributed by atoms with Crippen molar-refractivity contribution >= 4 is 23.5 Å². The van der Waals surface area contributed by atoms with E-state index < -0.39 is 11.5 Å². The molecule has 29 heavy (non-hydrogen) atoms. The van der Waals surface area contributed by atoms with Gasteiger partial charge in [-0.05, 0) is 48.7 Å². The molecule has 2 aromatic rings. The van der Waals surface area contributed by atoms with E-state index in [4.69, 9.17) is 5.41 Å². The van der Waals surface area contributed by atoms with Gasteiger partial charge >= 0.3 is 0 Å². The number of nitrogens with one attached hydrogen (secondary N) is 2. The van der Waals surface area contributed by atoms with E-state index in [0.717, 1.165) is 17.7 Å². The van der Waals surface area contributed by atoms with E-state index in [1.165, 1.54) is 4.90 Å². The van der Waals surface area contributed by atoms with Crippen LogP contribution in [-0.2, 0) is 15.1 Å². The number of phenolic OH excluding ortho intramolecular Hbond substituents is 1. The molecule has 0 aromatic heterocycles. The topological polar surface area (TPSA) is 96.7 Å². The maximum Gasteiger partial charge on any atom is 0.239 e. The lowest BCUT2D eigenvalue weighted by atomic mass is 9.73. The van der Waals surface area contributed by atoms with E-state index in [1.54, 1.807) is 30.1 Å². The minimum Gasteiger partial charge on any atom is -0.508 e. The van der Waals surface area contributed by atoms with Crippen molar-refractivity contribution in [2.45, 2.75) is 31.2 Å². The Kier molecular flexibility index (Phi) is 4.53. The fourth-order valence-electron chi connectivity index (χ4n) is 4.26. The molecule has 7 nitrogen and oxygen atoms in total. The second-order valence-electron chi connectivity index (χ2n) is 7.80. The first-order valence-corrected chi connectivity index (χ1v) is 9.65. The largest absolute Gasteiger partial charge is 0.508 e. The quantitative estimate of drug-likeness (QED) is 0.748. The third-order valence-corrected chi connectivity index (χ3v) is 5.93. The maximum atomic E-state index is 13.2. The maximum absolute atomic E-state index is 13.2. The average Bonchev–Trinajstić information content (AvgIpc) is 3.13. The molecule has 2 saturated heterocycles. The van der Waals surface area contributed by atoms with Gasteiger partial charge in [0.1, 0.15) is 5.75 Å². The van der Waals surface area contributed by atoms with Gasteiger partial charge in [0.2, 0.25) is 11.8 Å². The zero-order valence-electron chi connectivity index (χ0n) is 16.5. The minimum absolute atomic E-state index is 0.0105. The highest BCUT2D eigenvalue weighted by molar-refractivity contribution is 6.03. The molecule has 4 rings (SSSR count). The van der Waals surface area contributed by atoms with Crippen molar-refractivity contribution in [3.8, 4) is 5.75 Å². The second-order valence-corrected chi connectivity index (χ2v) is 7.80. The number of hydrogen-bond donors (Lipinski definition) is 3. The van der Waals surface area contributed by atoms with Gasteiger partial charge in [0.05, 0.1) is 11.5 Å². The second kappa shape index (κ2) is 6.92. The van der Waals surface area contributed by atoms with Crippen LogP contribution in [-0.4, -0.2) is 41.4 Å². The Bertz CT molecular complexity index is 988. The summed E-state index contributed by atoms with van der Waals surface area (Å²) in [5.74, 6) is -0.580. The third kappa shape index (κ3) is 3.12. The zero-order chi connectivity index (χ0) is 20.8. The summed E-state index contributed by atoms with van der Waals surface area (Å²) in [7, 11) is 1.57. The van der Waals surface area contributed by atoms with Crippen LogP contribution in [0.1, 0.15) is 36.8 Å². The predicted molar refractivity (Wildman–Crippen MR) is 110 cm³/mol. The fraction of sp³-hybridized carbons (Fsp3) is 0.318. The highest BCUT2D eigenvalue weighted by atomic mass is 16.3. The molecule has 2 atom stereocenters. The molecule has 0 spiro atoms. The van der Waals surface area contributed by atoms with Crippen molar-refractivity contribution in [3.05, 3.63) is 59.7 Å². The Morgan fingerprint density at radius 2 is 1.90 bits per heavy atom. The van der Waals surface area contributed by atoms with Crippen LogP contribution in [0.2, 0.25) is 0 Å². The van der Waals surface area contributed by atoms with Crippen LogP contribution in [0.5, 0.6) is 5.75 Å². The van der Waals surface area contributed by atoms with Crippen LogP contribution in [0.3, 0.4) is 0 Å². The van der Waals surface area contributed by atoms with E-state index in [2.05, 4.69) is 5.32 Å². The number of hydrogen-bond acceptors (Lipinski definition) is 4. The third-order valence-electron chi connectivity index (χ3n) is 5.93. The van der Waals surface area contributed by atoms with Crippen molar-refractivity contribution in [3.63, 3.8) is 0 Å². The molecule has 150 valence electrons. The van der Waals surface area contributed by atoms with Gasteiger partial charge in [-0.2, -0.15) is 0 Å². The molecule has 2 heterocycles. The number of rotatable bonds is 3. The highest BCUT2D eigenvalue weighted by Gasteiger charge is 2.48. The van der Waals surface area contributed by atoms with Gasteiger partial charge in [0.15, 0.2) is 5.96 Å². The number of benzene rings is 2. The van der Waals surface area contributed by atoms with Gasteiger partial charge in [-0.1, -0.05) is 24.3 Å². The molecular formula is C22H24N4O3. The van der Waals surface area contributed by atoms with Gasteiger partial charge in [-0.3, -0.25) is 19.9 Å². The lowest BCUT2D eigenvalue weighted by Gasteiger charge is -2.46. The molecule has 0 radical (unpaired) electrons. The summed E-state index contributed by atoms with van der Waals surface area (Å²) in [6.45, 7) is 2.58. The Hall–Kier alpha value is -3.35. The Labute approximate surface area is 169 Å². The summed E-state index contributed by atoms with van der Waals surface area (Å²) in [5, 5.41) is 21.3. The summed E-state index contributed by atoms with van der Waals surface area (Å²) in [4.78, 5) is 28.3. The summed E-state index contributed by atoms with van der Waals surface area (Å²) in [5.41, 5.74) is 1.41. The molecule has 0 aliphatic carbocycles. The Balaban J connectivity index is 1.76. The number of amides is 2. The number of phenols is 1. The number of likely N-dealkylation sites (N-methyl/N-ethyl adjacent to an activating group) is 1. The predicted octanol–water partition coefficient (Wildman–Crippen LogP) is 2.51. The first-order chi connectivity index (χ1) is 13.8. The molecule has 2 amide bonds. The monoisotopic (exact) mass is 392 g/mol. The van der Waals surface area contributed by atoms with Crippen LogP contribution in [0.15, 0.2) is 48.5 Å². The summed E-state index contributed by atoms with van der Waals surface area (Å²) >= 11 is 0. The van der Waals surface area contributed by atoms with Crippen molar-refractivity contribution in [1.29, 1.82) is 5.41 Å². The van der Waals surface area contributed by atoms with Crippen molar-refractivity contribution in [2.75, 3.05) is 18.5 Å². The minimum atomic E-state index is -0.912. The van der Waals surface area contributed by atoms with Crippen molar-refractivity contribution in [2.24, 2.45) is 0 Å². The van der Waals surface area contributed by atoms with Gasteiger partial charge in [0.25, 0.3) is 0 Å². The highest BCUT2D eigenvalue weighted by Crippen LogP contribution is 2.42. The normalized spacial score (nSPS) is 24.8. The number of carbonyl (C=O) groups excluding carboxylic acids is 2. The van der Waals surface area contributed by atoms with Gasteiger partial charge in [-0.25, -0.2) is 0 Å². The number of carbonyl (C=O) groups is 2. The van der Waals surface area contributed by atoms with Crippen molar-refractivity contribution in [1.82, 2.24) is 10.2 Å². The molecule has 2 fully saturated rings. The molecular weight excluding hydrogens is 368 g/mol. The molecule has 7 heteroatoms. The molecule has 0 bridgehead atoms. The fourth-order valence-corrected chi connectivity index (χ4v) is 4.26. The van der Waals surface area contributed by atoms with E-state index in [9.17, 15) is 14.7 Å². The Morgan fingerprint density at radius 1 is 1.17 bits per heavy atom. The number of guanidine groups is 1. The zero-order valence-corrected chi connectivity index (χ0v) is 16.5. The molecule has 2 aliphatic heterocycles. The molecule has 3 N–H and O–H groups in total. The van der Waals surface area contributed by atoms with Gasteiger partial charge in [-0.15, -0.1) is 0 Å². The van der Waals surface area contributed by atoms with Gasteiger partial charge < -0.3 is 15.3 Å². The van der Waals surface area contributed by atoms with Gasteiger partial charge in [0, 0.05) is 25.7 Å². The summed E-state index contributed by atoms with van der Waals surface area (Å²) in [6.07, 6.45) is 1.42. The summed E-state index contributed by atoms with van der Waals surface area (Å²) < 4.78 is 0. The standard InChI is InChI=1S/C22H24N4O3/c1-22(15-5-3-6-17(27)13-15)19(20(29)25(2)21(23)24-22)14-8-10-16(11-9-14)26-12-4-7-18(26)28/h3,5-6,8-11,13,19,27H,4,7,12H2,1-2H3,(H2,23,24)/t19-,22+/m0/s1. The SMILES string of the molecule is CN1C(=N)N[C@](C)(c2cccc(O)c2)[C@@H](c2ccc(N3CCCC3=O)cc2)C1=O. The van der Waals surface area contributed by atoms with E-state index >= 15 is 0 Å². The molecule has 2 aromatic carbocycles. The van der Waals surface area contributed by atoms with E-state index in [-0.39, 0.29) is 23.5 Å².